The Kier molecular flexibility index (Phi) is 5.61. The number of carbonyl (C=O) groups is 1. The van der Waals surface area contributed by atoms with E-state index < -0.39 is 5.97 Å². The van der Waals surface area contributed by atoms with Crippen LogP contribution < -0.4 is 14.2 Å². The van der Waals surface area contributed by atoms with Crippen LogP contribution >= 0.6 is 0 Å². The van der Waals surface area contributed by atoms with Crippen LogP contribution in [0.4, 0.5) is 0 Å². The molecule has 0 bridgehead atoms. The van der Waals surface area contributed by atoms with E-state index in [0.29, 0.717) is 28.7 Å². The van der Waals surface area contributed by atoms with Crippen LogP contribution in [0.15, 0.2) is 53.1 Å². The molecule has 0 spiro atoms. The summed E-state index contributed by atoms with van der Waals surface area (Å²) in [4.78, 5) is 12.5. The summed E-state index contributed by atoms with van der Waals surface area (Å²) in [5.74, 6) is 1.21. The molecule has 7 heteroatoms. The van der Waals surface area contributed by atoms with E-state index in [-0.39, 0.29) is 12.2 Å². The molecule has 2 aromatic carbocycles. The molecule has 0 atom stereocenters. The number of methoxy groups -OCH3 is 3. The SMILES string of the molecule is COc1cc(OC)c(C(=O)OCc2cc(-c3ccccc3)on2)cc1OC. The van der Waals surface area contributed by atoms with Crippen LogP contribution in [0.5, 0.6) is 17.2 Å². The van der Waals surface area contributed by atoms with E-state index in [1.54, 1.807) is 12.1 Å². The van der Waals surface area contributed by atoms with Crippen molar-refractivity contribution in [1.82, 2.24) is 5.16 Å². The van der Waals surface area contributed by atoms with Crippen molar-refractivity contribution in [2.45, 2.75) is 6.61 Å². The highest BCUT2D eigenvalue weighted by atomic mass is 16.5. The average Bonchev–Trinajstić information content (AvgIpc) is 3.20. The highest BCUT2D eigenvalue weighted by Gasteiger charge is 2.19. The molecule has 7 nitrogen and oxygen atoms in total. The van der Waals surface area contributed by atoms with Crippen molar-refractivity contribution in [3.05, 3.63) is 59.8 Å². The zero-order valence-corrected chi connectivity index (χ0v) is 15.2. The van der Waals surface area contributed by atoms with Crippen LogP contribution in [0.1, 0.15) is 16.1 Å². The second-order valence-electron chi connectivity index (χ2n) is 5.53. The van der Waals surface area contributed by atoms with E-state index >= 15 is 0 Å². The zero-order chi connectivity index (χ0) is 19.2. The van der Waals surface area contributed by atoms with Crippen molar-refractivity contribution in [2.24, 2.45) is 0 Å². The maximum atomic E-state index is 12.5. The Labute approximate surface area is 156 Å². The van der Waals surface area contributed by atoms with Gasteiger partial charge in [0.1, 0.15) is 23.6 Å². The number of aromatic nitrogens is 1. The topological polar surface area (TPSA) is 80.0 Å². The predicted octanol–water partition coefficient (Wildman–Crippen LogP) is 3.72. The smallest absolute Gasteiger partial charge is 0.342 e. The maximum absolute atomic E-state index is 12.5. The quantitative estimate of drug-likeness (QED) is 0.587. The molecule has 0 N–H and O–H groups in total. The summed E-state index contributed by atoms with van der Waals surface area (Å²) in [6.07, 6.45) is 0. The summed E-state index contributed by atoms with van der Waals surface area (Å²) in [6.45, 7) is -0.0351. The minimum atomic E-state index is -0.572. The minimum absolute atomic E-state index is 0.0351. The van der Waals surface area contributed by atoms with Crippen LogP contribution in [0.25, 0.3) is 11.3 Å². The molecule has 3 rings (SSSR count). The van der Waals surface area contributed by atoms with E-state index in [2.05, 4.69) is 5.16 Å². The fourth-order valence-electron chi connectivity index (χ4n) is 2.52. The second kappa shape index (κ2) is 8.27. The van der Waals surface area contributed by atoms with Gasteiger partial charge in [0.2, 0.25) is 0 Å². The lowest BCUT2D eigenvalue weighted by Gasteiger charge is -2.13. The fourth-order valence-corrected chi connectivity index (χ4v) is 2.52. The predicted molar refractivity (Wildman–Crippen MR) is 97.2 cm³/mol. The third-order valence-corrected chi connectivity index (χ3v) is 3.89. The van der Waals surface area contributed by atoms with Crippen molar-refractivity contribution in [1.29, 1.82) is 0 Å². The Morgan fingerprint density at radius 1 is 0.926 bits per heavy atom. The summed E-state index contributed by atoms with van der Waals surface area (Å²) in [6, 6.07) is 14.3. The van der Waals surface area contributed by atoms with Gasteiger partial charge in [-0.05, 0) is 0 Å². The third-order valence-electron chi connectivity index (χ3n) is 3.89. The van der Waals surface area contributed by atoms with Gasteiger partial charge in [-0.2, -0.15) is 0 Å². The minimum Gasteiger partial charge on any atom is -0.496 e. The molecule has 0 saturated carbocycles. The molecule has 27 heavy (non-hydrogen) atoms. The largest absolute Gasteiger partial charge is 0.496 e. The standard InChI is InChI=1S/C20H19NO6/c1-23-17-11-19(25-3)18(24-2)10-15(17)20(22)26-12-14-9-16(27-21-14)13-7-5-4-6-8-13/h4-11H,12H2,1-3H3. The van der Waals surface area contributed by atoms with Crippen LogP contribution in [-0.2, 0) is 11.3 Å². The summed E-state index contributed by atoms with van der Waals surface area (Å²) in [7, 11) is 4.45. The van der Waals surface area contributed by atoms with E-state index in [0.717, 1.165) is 5.56 Å². The first-order valence-corrected chi connectivity index (χ1v) is 8.14. The number of benzene rings is 2. The molecule has 0 radical (unpaired) electrons. The Morgan fingerprint density at radius 2 is 1.59 bits per heavy atom. The molecule has 1 heterocycles. The van der Waals surface area contributed by atoms with Crippen LogP contribution in [-0.4, -0.2) is 32.5 Å². The lowest BCUT2D eigenvalue weighted by molar-refractivity contribution is 0.0460. The lowest BCUT2D eigenvalue weighted by atomic mass is 10.1. The molecular weight excluding hydrogens is 350 g/mol. The Balaban J connectivity index is 1.74. The highest BCUT2D eigenvalue weighted by Crippen LogP contribution is 2.35. The van der Waals surface area contributed by atoms with E-state index in [9.17, 15) is 4.79 Å². The van der Waals surface area contributed by atoms with Crippen molar-refractivity contribution in [2.75, 3.05) is 21.3 Å². The van der Waals surface area contributed by atoms with Gasteiger partial charge >= 0.3 is 5.97 Å². The normalized spacial score (nSPS) is 10.3. The van der Waals surface area contributed by atoms with Crippen molar-refractivity contribution >= 4 is 5.97 Å². The molecule has 0 aliphatic heterocycles. The van der Waals surface area contributed by atoms with Gasteiger partial charge in [-0.1, -0.05) is 35.5 Å². The van der Waals surface area contributed by atoms with Gasteiger partial charge in [0.25, 0.3) is 0 Å². The summed E-state index contributed by atoms with van der Waals surface area (Å²) >= 11 is 0. The van der Waals surface area contributed by atoms with Crippen molar-refractivity contribution in [3.63, 3.8) is 0 Å². The molecule has 0 fully saturated rings. The molecule has 0 amide bonds. The number of hydrogen-bond acceptors (Lipinski definition) is 7. The molecule has 0 unspecified atom stereocenters. The van der Waals surface area contributed by atoms with Gasteiger partial charge in [-0.25, -0.2) is 4.79 Å². The van der Waals surface area contributed by atoms with Gasteiger partial charge in [-0.3, -0.25) is 0 Å². The summed E-state index contributed by atoms with van der Waals surface area (Å²) in [5, 5.41) is 3.93. The first-order valence-electron chi connectivity index (χ1n) is 8.14. The van der Waals surface area contributed by atoms with Gasteiger partial charge in [-0.15, -0.1) is 0 Å². The van der Waals surface area contributed by atoms with Gasteiger partial charge in [0, 0.05) is 23.8 Å². The fraction of sp³-hybridized carbons (Fsp3) is 0.200. The number of rotatable bonds is 7. The van der Waals surface area contributed by atoms with E-state index in [1.807, 2.05) is 30.3 Å². The van der Waals surface area contributed by atoms with Gasteiger partial charge < -0.3 is 23.5 Å². The number of nitrogens with zero attached hydrogens (tertiary/aromatic N) is 1. The van der Waals surface area contributed by atoms with Crippen molar-refractivity contribution in [3.8, 4) is 28.6 Å². The monoisotopic (exact) mass is 369 g/mol. The first-order chi connectivity index (χ1) is 13.2. The Bertz CT molecular complexity index is 919. The molecule has 1 aromatic heterocycles. The van der Waals surface area contributed by atoms with Crippen LogP contribution in [0.2, 0.25) is 0 Å². The molecule has 140 valence electrons. The van der Waals surface area contributed by atoms with Crippen LogP contribution in [0.3, 0.4) is 0 Å². The summed E-state index contributed by atoms with van der Waals surface area (Å²) in [5.41, 5.74) is 1.62. The first kappa shape index (κ1) is 18.3. The van der Waals surface area contributed by atoms with Crippen molar-refractivity contribution < 1.29 is 28.3 Å². The molecular formula is C20H19NO6. The molecule has 0 saturated heterocycles. The average molecular weight is 369 g/mol. The molecule has 3 aromatic rings. The number of esters is 1. The second-order valence-corrected chi connectivity index (χ2v) is 5.53. The third kappa shape index (κ3) is 4.03. The van der Waals surface area contributed by atoms with Gasteiger partial charge in [0.15, 0.2) is 17.3 Å². The molecule has 0 aliphatic carbocycles. The Morgan fingerprint density at radius 3 is 2.26 bits per heavy atom. The molecule has 0 aliphatic rings. The number of ether oxygens (including phenoxy) is 4. The highest BCUT2D eigenvalue weighted by molar-refractivity contribution is 5.93. The summed E-state index contributed by atoms with van der Waals surface area (Å²) < 4.78 is 26.3. The number of carbonyl (C=O) groups excluding carboxylic acids is 1. The Hall–Kier alpha value is -3.48. The maximum Gasteiger partial charge on any atom is 0.342 e. The van der Waals surface area contributed by atoms with Crippen LogP contribution in [0, 0.1) is 0 Å². The number of hydrogen-bond donors (Lipinski definition) is 0. The lowest BCUT2D eigenvalue weighted by Crippen LogP contribution is -2.08. The van der Waals surface area contributed by atoms with E-state index in [1.165, 1.54) is 27.4 Å². The van der Waals surface area contributed by atoms with Gasteiger partial charge in [0.05, 0.1) is 21.3 Å². The zero-order valence-electron chi connectivity index (χ0n) is 15.2. The van der Waals surface area contributed by atoms with E-state index in [4.69, 9.17) is 23.5 Å².